The van der Waals surface area contributed by atoms with Gasteiger partial charge in [-0.15, -0.1) is 11.3 Å². The number of carbonyl (C=O) groups excluding carboxylic acids is 1. The molecule has 2 aromatic carbocycles. The molecule has 0 bridgehead atoms. The average Bonchev–Trinajstić information content (AvgIpc) is 3.03. The van der Waals surface area contributed by atoms with Crippen LogP contribution in [0.5, 0.6) is 0 Å². The molecule has 0 atom stereocenters. The Hall–Kier alpha value is -1.98. The number of thiazole rings is 1. The maximum absolute atomic E-state index is 12.3. The summed E-state index contributed by atoms with van der Waals surface area (Å²) in [6.07, 6.45) is 1.07. The summed E-state index contributed by atoms with van der Waals surface area (Å²) in [6, 6.07) is 15.8. The van der Waals surface area contributed by atoms with Gasteiger partial charge in [-0.2, -0.15) is 0 Å². The summed E-state index contributed by atoms with van der Waals surface area (Å²) < 4.78 is 0.876. The van der Waals surface area contributed by atoms with Crippen LogP contribution in [0.4, 0.5) is 5.13 Å². The Bertz CT molecular complexity index is 871. The van der Waals surface area contributed by atoms with Gasteiger partial charge < -0.3 is 0 Å². The third-order valence-electron chi connectivity index (χ3n) is 3.71. The highest BCUT2D eigenvalue weighted by molar-refractivity contribution is 9.10. The van der Waals surface area contributed by atoms with Gasteiger partial charge in [-0.05, 0) is 36.1 Å². The summed E-state index contributed by atoms with van der Waals surface area (Å²) in [7, 11) is 0. The van der Waals surface area contributed by atoms with Crippen LogP contribution in [0.2, 0.25) is 0 Å². The van der Waals surface area contributed by atoms with E-state index in [0.717, 1.165) is 22.2 Å². The summed E-state index contributed by atoms with van der Waals surface area (Å²) in [4.78, 5) is 16.8. The molecule has 25 heavy (non-hydrogen) atoms. The standard InChI is InChI=1S/C20H19BrN2OS/c1-13(2)10-14-6-8-15(9-7-14)18-12-25-20(22-18)23-19(24)16-4-3-5-17(21)11-16/h3-9,11-13H,10H2,1-2H3,(H,22,23,24). The van der Waals surface area contributed by atoms with E-state index in [2.05, 4.69) is 64.3 Å². The minimum Gasteiger partial charge on any atom is -0.298 e. The van der Waals surface area contributed by atoms with E-state index in [-0.39, 0.29) is 5.91 Å². The number of hydrogen-bond acceptors (Lipinski definition) is 3. The number of carbonyl (C=O) groups is 1. The average molecular weight is 415 g/mol. The molecular weight excluding hydrogens is 396 g/mol. The van der Waals surface area contributed by atoms with Crippen molar-refractivity contribution in [3.63, 3.8) is 0 Å². The highest BCUT2D eigenvalue weighted by Crippen LogP contribution is 2.26. The molecule has 1 heterocycles. The van der Waals surface area contributed by atoms with Crippen molar-refractivity contribution >= 4 is 38.3 Å². The van der Waals surface area contributed by atoms with Crippen molar-refractivity contribution in [1.82, 2.24) is 4.98 Å². The monoisotopic (exact) mass is 414 g/mol. The molecule has 3 aromatic rings. The molecule has 128 valence electrons. The predicted molar refractivity (Wildman–Crippen MR) is 108 cm³/mol. The van der Waals surface area contributed by atoms with Gasteiger partial charge in [-0.3, -0.25) is 10.1 Å². The van der Waals surface area contributed by atoms with Gasteiger partial charge in [0.1, 0.15) is 0 Å². The number of nitrogens with one attached hydrogen (secondary N) is 1. The van der Waals surface area contributed by atoms with Crippen LogP contribution in [0.3, 0.4) is 0 Å². The third-order valence-corrected chi connectivity index (χ3v) is 4.96. The number of anilines is 1. The van der Waals surface area contributed by atoms with Crippen LogP contribution < -0.4 is 5.32 Å². The van der Waals surface area contributed by atoms with Gasteiger partial charge in [0.15, 0.2) is 5.13 Å². The number of nitrogens with zero attached hydrogens (tertiary/aromatic N) is 1. The molecule has 1 N–H and O–H groups in total. The summed E-state index contributed by atoms with van der Waals surface area (Å²) in [5, 5.41) is 5.43. The van der Waals surface area contributed by atoms with Crippen LogP contribution in [-0.2, 0) is 6.42 Å². The van der Waals surface area contributed by atoms with Crippen molar-refractivity contribution in [1.29, 1.82) is 0 Å². The molecule has 1 aromatic heterocycles. The molecule has 3 nitrogen and oxygen atoms in total. The van der Waals surface area contributed by atoms with Crippen LogP contribution in [0.25, 0.3) is 11.3 Å². The molecule has 0 radical (unpaired) electrons. The Balaban J connectivity index is 1.71. The van der Waals surface area contributed by atoms with Gasteiger partial charge in [0.05, 0.1) is 5.69 Å². The fraction of sp³-hybridized carbons (Fsp3) is 0.200. The number of aromatic nitrogens is 1. The van der Waals surface area contributed by atoms with Crippen LogP contribution in [-0.4, -0.2) is 10.9 Å². The van der Waals surface area contributed by atoms with E-state index in [0.29, 0.717) is 16.6 Å². The molecule has 0 fully saturated rings. The first-order chi connectivity index (χ1) is 12.0. The number of amides is 1. The number of rotatable bonds is 5. The second-order valence-corrected chi connectivity index (χ2v) is 8.07. The van der Waals surface area contributed by atoms with Gasteiger partial charge in [-0.25, -0.2) is 4.98 Å². The van der Waals surface area contributed by atoms with Crippen molar-refractivity contribution in [2.75, 3.05) is 5.32 Å². The number of benzene rings is 2. The lowest BCUT2D eigenvalue weighted by atomic mass is 10.0. The quantitative estimate of drug-likeness (QED) is 0.553. The first-order valence-corrected chi connectivity index (χ1v) is 9.80. The van der Waals surface area contributed by atoms with E-state index in [9.17, 15) is 4.79 Å². The van der Waals surface area contributed by atoms with Gasteiger partial charge in [0.25, 0.3) is 5.91 Å². The zero-order chi connectivity index (χ0) is 17.8. The molecule has 0 aliphatic heterocycles. The number of halogens is 1. The molecule has 3 rings (SSSR count). The maximum Gasteiger partial charge on any atom is 0.257 e. The summed E-state index contributed by atoms with van der Waals surface area (Å²) >= 11 is 4.81. The Morgan fingerprint density at radius 2 is 1.96 bits per heavy atom. The van der Waals surface area contributed by atoms with Crippen LogP contribution in [0.1, 0.15) is 29.8 Å². The lowest BCUT2D eigenvalue weighted by Gasteiger charge is -2.05. The second-order valence-electron chi connectivity index (χ2n) is 6.30. The molecular formula is C20H19BrN2OS. The van der Waals surface area contributed by atoms with E-state index in [4.69, 9.17) is 0 Å². The van der Waals surface area contributed by atoms with Crippen molar-refractivity contribution in [3.8, 4) is 11.3 Å². The molecule has 0 aliphatic carbocycles. The summed E-state index contributed by atoms with van der Waals surface area (Å²) in [6.45, 7) is 4.43. The van der Waals surface area contributed by atoms with Crippen LogP contribution in [0, 0.1) is 5.92 Å². The van der Waals surface area contributed by atoms with Crippen molar-refractivity contribution < 1.29 is 4.79 Å². The van der Waals surface area contributed by atoms with E-state index >= 15 is 0 Å². The highest BCUT2D eigenvalue weighted by atomic mass is 79.9. The van der Waals surface area contributed by atoms with Crippen molar-refractivity contribution in [2.45, 2.75) is 20.3 Å². The fourth-order valence-corrected chi connectivity index (χ4v) is 3.66. The minimum absolute atomic E-state index is 0.158. The first-order valence-electron chi connectivity index (χ1n) is 8.13. The number of hydrogen-bond donors (Lipinski definition) is 1. The van der Waals surface area contributed by atoms with Crippen LogP contribution in [0.15, 0.2) is 58.4 Å². The molecule has 0 unspecified atom stereocenters. The Morgan fingerprint density at radius 1 is 1.20 bits per heavy atom. The third kappa shape index (κ3) is 4.77. The SMILES string of the molecule is CC(C)Cc1ccc(-c2csc(NC(=O)c3cccc(Br)c3)n2)cc1. The molecule has 0 saturated carbocycles. The van der Waals surface area contributed by atoms with Gasteiger partial charge in [0.2, 0.25) is 0 Å². The Labute approximate surface area is 160 Å². The Morgan fingerprint density at radius 3 is 2.64 bits per heavy atom. The van der Waals surface area contributed by atoms with Gasteiger partial charge in [-0.1, -0.05) is 60.1 Å². The molecule has 1 amide bonds. The maximum atomic E-state index is 12.3. The molecule has 5 heteroatoms. The zero-order valence-electron chi connectivity index (χ0n) is 14.1. The molecule has 0 spiro atoms. The van der Waals surface area contributed by atoms with Gasteiger partial charge in [0, 0.05) is 21.0 Å². The predicted octanol–water partition coefficient (Wildman–Crippen LogP) is 6.02. The van der Waals surface area contributed by atoms with Crippen LogP contribution >= 0.6 is 27.3 Å². The molecule has 0 aliphatic rings. The summed E-state index contributed by atoms with van der Waals surface area (Å²) in [5.74, 6) is 0.486. The topological polar surface area (TPSA) is 42.0 Å². The fourth-order valence-electron chi connectivity index (χ4n) is 2.55. The summed E-state index contributed by atoms with van der Waals surface area (Å²) in [5.41, 5.74) is 3.87. The van der Waals surface area contributed by atoms with Crippen molar-refractivity contribution in [3.05, 3.63) is 69.5 Å². The lowest BCUT2D eigenvalue weighted by Crippen LogP contribution is -2.11. The first kappa shape index (κ1) is 17.8. The lowest BCUT2D eigenvalue weighted by molar-refractivity contribution is 0.102. The van der Waals surface area contributed by atoms with E-state index < -0.39 is 0 Å². The highest BCUT2D eigenvalue weighted by Gasteiger charge is 2.10. The van der Waals surface area contributed by atoms with Gasteiger partial charge >= 0.3 is 0 Å². The largest absolute Gasteiger partial charge is 0.298 e. The Kier molecular flexibility index (Phi) is 5.66. The normalized spacial score (nSPS) is 10.9. The minimum atomic E-state index is -0.158. The molecule has 0 saturated heterocycles. The zero-order valence-corrected chi connectivity index (χ0v) is 16.5. The van der Waals surface area contributed by atoms with Crippen molar-refractivity contribution in [2.24, 2.45) is 5.92 Å². The smallest absolute Gasteiger partial charge is 0.257 e. The van der Waals surface area contributed by atoms with E-state index in [1.807, 2.05) is 17.5 Å². The van der Waals surface area contributed by atoms with E-state index in [1.165, 1.54) is 16.9 Å². The second kappa shape index (κ2) is 7.93. The van der Waals surface area contributed by atoms with E-state index in [1.54, 1.807) is 12.1 Å².